The third-order valence-electron chi connectivity index (χ3n) is 4.25. The van der Waals surface area contributed by atoms with Crippen molar-refractivity contribution in [1.29, 1.82) is 0 Å². The van der Waals surface area contributed by atoms with Crippen LogP contribution in [0.25, 0.3) is 0 Å². The largest absolute Gasteiger partial charge is 0.480 e. The van der Waals surface area contributed by atoms with Crippen LogP contribution in [0.1, 0.15) is 22.2 Å². The van der Waals surface area contributed by atoms with Gasteiger partial charge in [0.2, 0.25) is 5.82 Å². The number of rotatable bonds is 5. The Balaban J connectivity index is 1.73. The van der Waals surface area contributed by atoms with Crippen molar-refractivity contribution in [2.24, 2.45) is 0 Å². The number of aromatic amines is 1. The number of carboxylic acids is 1. The molecule has 2 aromatic rings. The first kappa shape index (κ1) is 17.4. The summed E-state index contributed by atoms with van der Waals surface area (Å²) < 4.78 is 0. The zero-order valence-corrected chi connectivity index (χ0v) is 14.6. The number of amides is 1. The number of hydrogen-bond acceptors (Lipinski definition) is 6. The van der Waals surface area contributed by atoms with Gasteiger partial charge < -0.3 is 10.0 Å². The van der Waals surface area contributed by atoms with E-state index in [1.807, 2.05) is 35.4 Å². The van der Waals surface area contributed by atoms with Crippen molar-refractivity contribution in [2.75, 3.05) is 32.4 Å². The lowest BCUT2D eigenvalue weighted by Gasteiger charge is -2.37. The topological polar surface area (TPSA) is 102 Å². The van der Waals surface area contributed by atoms with E-state index in [1.54, 1.807) is 4.90 Å². The Hall–Kier alpha value is -2.39. The van der Waals surface area contributed by atoms with Crippen LogP contribution in [0.4, 0.5) is 0 Å². The minimum Gasteiger partial charge on any atom is -0.480 e. The number of carboxylic acid groups (broad SMARTS) is 1. The summed E-state index contributed by atoms with van der Waals surface area (Å²) in [5.41, 5.74) is 0.789. The number of hydrogen-bond donors (Lipinski definition) is 2. The smallest absolute Gasteiger partial charge is 0.325 e. The Bertz CT molecular complexity index is 744. The predicted octanol–water partition coefficient (Wildman–Crippen LogP) is 1.11. The van der Waals surface area contributed by atoms with Gasteiger partial charge in [-0.25, -0.2) is 4.98 Å². The molecule has 1 fully saturated rings. The van der Waals surface area contributed by atoms with Crippen LogP contribution in [0.2, 0.25) is 0 Å². The van der Waals surface area contributed by atoms with E-state index in [9.17, 15) is 14.7 Å². The number of aromatic nitrogens is 3. The van der Waals surface area contributed by atoms with Crippen molar-refractivity contribution in [1.82, 2.24) is 25.0 Å². The second-order valence-electron chi connectivity index (χ2n) is 5.64. The molecule has 3 rings (SSSR count). The minimum absolute atomic E-state index is 0.205. The standard InChI is InChI=1S/C16H19N5O3S/c1-25-12-5-3-2-4-11(12)13(16(23)24)20-6-8-21(9-7-20)15(22)14-17-10-18-19-14/h2-5,10,13H,6-9H2,1H3,(H,23,24)(H,17,18,19)/t13-/m0/s1. The summed E-state index contributed by atoms with van der Waals surface area (Å²) in [6.07, 6.45) is 3.23. The van der Waals surface area contributed by atoms with Crippen LogP contribution >= 0.6 is 11.8 Å². The van der Waals surface area contributed by atoms with Gasteiger partial charge in [-0.1, -0.05) is 18.2 Å². The van der Waals surface area contributed by atoms with Gasteiger partial charge in [0, 0.05) is 31.1 Å². The fraction of sp³-hybridized carbons (Fsp3) is 0.375. The fourth-order valence-corrected chi connectivity index (χ4v) is 3.65. The Morgan fingerprint density at radius 3 is 2.56 bits per heavy atom. The van der Waals surface area contributed by atoms with Gasteiger partial charge in [0.05, 0.1) is 0 Å². The number of nitrogens with zero attached hydrogens (tertiary/aromatic N) is 4. The predicted molar refractivity (Wildman–Crippen MR) is 92.5 cm³/mol. The van der Waals surface area contributed by atoms with E-state index in [1.165, 1.54) is 18.1 Å². The number of nitrogens with one attached hydrogen (secondary N) is 1. The highest BCUT2D eigenvalue weighted by molar-refractivity contribution is 7.98. The summed E-state index contributed by atoms with van der Waals surface area (Å²) in [5.74, 6) is -0.888. The monoisotopic (exact) mass is 361 g/mol. The highest BCUT2D eigenvalue weighted by Crippen LogP contribution is 2.30. The molecule has 1 saturated heterocycles. The van der Waals surface area contributed by atoms with Crippen LogP contribution in [0, 0.1) is 0 Å². The molecule has 2 N–H and O–H groups in total. The van der Waals surface area contributed by atoms with Gasteiger partial charge in [0.15, 0.2) is 0 Å². The number of H-pyrrole nitrogens is 1. The number of thioether (sulfide) groups is 1. The van der Waals surface area contributed by atoms with Crippen LogP contribution < -0.4 is 0 Å². The van der Waals surface area contributed by atoms with E-state index in [-0.39, 0.29) is 11.7 Å². The van der Waals surface area contributed by atoms with Gasteiger partial charge in [-0.15, -0.1) is 11.8 Å². The lowest BCUT2D eigenvalue weighted by Crippen LogP contribution is -2.51. The first-order chi connectivity index (χ1) is 12.1. The maximum atomic E-state index is 12.3. The number of carbonyl (C=O) groups is 2. The van der Waals surface area contributed by atoms with Crippen molar-refractivity contribution >= 4 is 23.6 Å². The first-order valence-electron chi connectivity index (χ1n) is 7.86. The van der Waals surface area contributed by atoms with Gasteiger partial charge in [0.25, 0.3) is 5.91 Å². The maximum absolute atomic E-state index is 12.3. The van der Waals surface area contributed by atoms with Crippen molar-refractivity contribution in [3.8, 4) is 0 Å². The highest BCUT2D eigenvalue weighted by atomic mass is 32.2. The molecule has 2 heterocycles. The fourth-order valence-electron chi connectivity index (χ4n) is 3.02. The van der Waals surface area contributed by atoms with Gasteiger partial charge in [0.1, 0.15) is 12.4 Å². The zero-order valence-electron chi connectivity index (χ0n) is 13.8. The van der Waals surface area contributed by atoms with Crippen LogP contribution in [0.5, 0.6) is 0 Å². The molecule has 0 unspecified atom stereocenters. The van der Waals surface area contributed by atoms with E-state index in [2.05, 4.69) is 15.2 Å². The summed E-state index contributed by atoms with van der Waals surface area (Å²) in [6, 6.07) is 6.83. The third kappa shape index (κ3) is 3.67. The van der Waals surface area contributed by atoms with Gasteiger partial charge in [-0.3, -0.25) is 19.6 Å². The number of benzene rings is 1. The molecular weight excluding hydrogens is 342 g/mol. The van der Waals surface area contributed by atoms with Crippen LogP contribution in [0.3, 0.4) is 0 Å². The van der Waals surface area contributed by atoms with E-state index in [0.29, 0.717) is 26.2 Å². The summed E-state index contributed by atoms with van der Waals surface area (Å²) in [5, 5.41) is 16.0. The Labute approximate surface area is 149 Å². The molecule has 0 bridgehead atoms. The van der Waals surface area contributed by atoms with Gasteiger partial charge in [-0.2, -0.15) is 5.10 Å². The molecule has 132 valence electrons. The third-order valence-corrected chi connectivity index (χ3v) is 5.06. The molecule has 0 spiro atoms. The Morgan fingerprint density at radius 1 is 1.24 bits per heavy atom. The SMILES string of the molecule is CSc1ccccc1[C@@H](C(=O)O)N1CCN(C(=O)c2ncn[nH]2)CC1. The average molecular weight is 361 g/mol. The molecule has 1 amide bonds. The summed E-state index contributed by atoms with van der Waals surface area (Å²) in [7, 11) is 0. The van der Waals surface area contributed by atoms with Crippen LogP contribution in [-0.2, 0) is 4.79 Å². The molecular formula is C16H19N5O3S. The second-order valence-corrected chi connectivity index (χ2v) is 6.49. The zero-order chi connectivity index (χ0) is 17.8. The molecule has 1 aliphatic heterocycles. The lowest BCUT2D eigenvalue weighted by molar-refractivity contribution is -0.144. The molecule has 8 nitrogen and oxygen atoms in total. The minimum atomic E-state index is -0.878. The number of piperazine rings is 1. The van der Waals surface area contributed by atoms with Crippen molar-refractivity contribution in [2.45, 2.75) is 10.9 Å². The Kier molecular flexibility index (Phi) is 5.34. The molecule has 1 atom stereocenters. The van der Waals surface area contributed by atoms with Crippen molar-refractivity contribution < 1.29 is 14.7 Å². The summed E-state index contributed by atoms with van der Waals surface area (Å²) >= 11 is 1.53. The second kappa shape index (κ2) is 7.66. The molecule has 9 heteroatoms. The van der Waals surface area contributed by atoms with Crippen molar-refractivity contribution in [3.05, 3.63) is 42.0 Å². The van der Waals surface area contributed by atoms with Crippen LogP contribution in [-0.4, -0.2) is 74.4 Å². The Morgan fingerprint density at radius 2 is 1.96 bits per heavy atom. The number of carbonyl (C=O) groups excluding carboxylic acids is 1. The summed E-state index contributed by atoms with van der Waals surface area (Å²) in [4.78, 5) is 32.6. The molecule has 0 saturated carbocycles. The first-order valence-corrected chi connectivity index (χ1v) is 9.08. The maximum Gasteiger partial charge on any atom is 0.325 e. The highest BCUT2D eigenvalue weighted by Gasteiger charge is 2.33. The number of aliphatic carboxylic acids is 1. The molecule has 25 heavy (non-hydrogen) atoms. The molecule has 0 radical (unpaired) electrons. The van der Waals surface area contributed by atoms with E-state index >= 15 is 0 Å². The van der Waals surface area contributed by atoms with Gasteiger partial charge >= 0.3 is 5.97 Å². The van der Waals surface area contributed by atoms with Crippen molar-refractivity contribution in [3.63, 3.8) is 0 Å². The van der Waals surface area contributed by atoms with E-state index in [0.717, 1.165) is 10.5 Å². The molecule has 1 aromatic carbocycles. The van der Waals surface area contributed by atoms with Crippen LogP contribution in [0.15, 0.2) is 35.5 Å². The molecule has 0 aliphatic carbocycles. The lowest BCUT2D eigenvalue weighted by atomic mass is 10.0. The quantitative estimate of drug-likeness (QED) is 0.769. The van der Waals surface area contributed by atoms with Gasteiger partial charge in [-0.05, 0) is 17.9 Å². The van der Waals surface area contributed by atoms with E-state index < -0.39 is 12.0 Å². The van der Waals surface area contributed by atoms with E-state index in [4.69, 9.17) is 0 Å². The summed E-state index contributed by atoms with van der Waals surface area (Å²) in [6.45, 7) is 1.87. The molecule has 1 aromatic heterocycles. The molecule has 1 aliphatic rings. The normalized spacial score (nSPS) is 16.6. The average Bonchev–Trinajstić information content (AvgIpc) is 3.17.